The molecule has 1 atom stereocenters. The molecule has 1 saturated heterocycles. The lowest BCUT2D eigenvalue weighted by molar-refractivity contribution is -0.385. The van der Waals surface area contributed by atoms with Crippen LogP contribution in [0.5, 0.6) is 0 Å². The molecule has 1 heterocycles. The zero-order valence-corrected chi connectivity index (χ0v) is 13.1. The van der Waals surface area contributed by atoms with Crippen LogP contribution in [-0.2, 0) is 4.79 Å². The van der Waals surface area contributed by atoms with Crippen molar-refractivity contribution in [1.82, 2.24) is 5.32 Å². The van der Waals surface area contributed by atoms with E-state index in [1.165, 1.54) is 6.07 Å². The Morgan fingerprint density at radius 1 is 1.45 bits per heavy atom. The van der Waals surface area contributed by atoms with E-state index < -0.39 is 4.92 Å². The van der Waals surface area contributed by atoms with E-state index in [-0.39, 0.29) is 11.6 Å². The van der Waals surface area contributed by atoms with E-state index in [0.29, 0.717) is 29.5 Å². The van der Waals surface area contributed by atoms with Crippen molar-refractivity contribution in [2.45, 2.75) is 33.1 Å². The molecule has 1 unspecified atom stereocenters. The van der Waals surface area contributed by atoms with Crippen LogP contribution in [0.3, 0.4) is 0 Å². The van der Waals surface area contributed by atoms with E-state index in [1.54, 1.807) is 19.1 Å². The fourth-order valence-corrected chi connectivity index (χ4v) is 2.97. The monoisotopic (exact) mass is 305 g/mol. The largest absolute Gasteiger partial charge is 0.326 e. The number of nitro groups is 1. The molecule has 1 amide bonds. The number of carbonyl (C=O) groups is 1. The number of nitrogens with one attached hydrogen (secondary N) is 2. The smallest absolute Gasteiger partial charge is 0.274 e. The van der Waals surface area contributed by atoms with E-state index in [0.717, 1.165) is 25.9 Å². The summed E-state index contributed by atoms with van der Waals surface area (Å²) < 4.78 is 0. The first kappa shape index (κ1) is 16.4. The third-order valence-corrected chi connectivity index (χ3v) is 4.39. The third kappa shape index (κ3) is 4.27. The Balaban J connectivity index is 1.94. The molecule has 6 nitrogen and oxygen atoms in total. The summed E-state index contributed by atoms with van der Waals surface area (Å²) in [5.41, 5.74) is 1.11. The molecule has 0 spiro atoms. The molecule has 1 aromatic carbocycles. The van der Waals surface area contributed by atoms with Crippen LogP contribution in [0.15, 0.2) is 18.2 Å². The number of nitrogens with zero attached hydrogens (tertiary/aromatic N) is 1. The lowest BCUT2D eigenvalue weighted by Gasteiger charge is -2.27. The summed E-state index contributed by atoms with van der Waals surface area (Å²) in [6.07, 6.45) is 2.65. The molecule has 0 saturated carbocycles. The summed E-state index contributed by atoms with van der Waals surface area (Å²) in [6, 6.07) is 4.78. The summed E-state index contributed by atoms with van der Waals surface area (Å²) in [5.74, 6) is 0.811. The van der Waals surface area contributed by atoms with Gasteiger partial charge in [0, 0.05) is 23.7 Å². The molecule has 2 N–H and O–H groups in total. The Kier molecular flexibility index (Phi) is 5.49. The lowest BCUT2D eigenvalue weighted by atomic mass is 9.84. The van der Waals surface area contributed by atoms with Crippen molar-refractivity contribution in [3.8, 4) is 0 Å². The molecule has 0 aliphatic carbocycles. The molecule has 1 aliphatic heterocycles. The topological polar surface area (TPSA) is 84.3 Å². The maximum absolute atomic E-state index is 12.1. The molecule has 6 heteroatoms. The molecule has 1 fully saturated rings. The molecule has 1 aliphatic rings. The van der Waals surface area contributed by atoms with Crippen molar-refractivity contribution < 1.29 is 9.72 Å². The number of amides is 1. The zero-order chi connectivity index (χ0) is 16.1. The maximum Gasteiger partial charge on any atom is 0.274 e. The van der Waals surface area contributed by atoms with Gasteiger partial charge in [0.15, 0.2) is 0 Å². The van der Waals surface area contributed by atoms with Crippen LogP contribution in [-0.4, -0.2) is 23.9 Å². The first-order valence-corrected chi connectivity index (χ1v) is 7.73. The number of hydrogen-bond donors (Lipinski definition) is 2. The fraction of sp³-hybridized carbons (Fsp3) is 0.562. The highest BCUT2D eigenvalue weighted by Crippen LogP contribution is 2.26. The van der Waals surface area contributed by atoms with Crippen LogP contribution in [0.2, 0.25) is 0 Å². The summed E-state index contributed by atoms with van der Waals surface area (Å²) in [6.45, 7) is 5.82. The van der Waals surface area contributed by atoms with E-state index in [9.17, 15) is 14.9 Å². The van der Waals surface area contributed by atoms with Gasteiger partial charge in [0.2, 0.25) is 5.91 Å². The molecule has 2 rings (SSSR count). The zero-order valence-electron chi connectivity index (χ0n) is 13.1. The minimum Gasteiger partial charge on any atom is -0.326 e. The number of hydrogen-bond acceptors (Lipinski definition) is 4. The normalized spacial score (nSPS) is 17.0. The highest BCUT2D eigenvalue weighted by Gasteiger charge is 2.22. The summed E-state index contributed by atoms with van der Waals surface area (Å²) in [4.78, 5) is 22.6. The number of carbonyl (C=O) groups excluding carboxylic acids is 1. The number of benzene rings is 1. The molecular weight excluding hydrogens is 282 g/mol. The number of aryl methyl sites for hydroxylation is 1. The Hall–Kier alpha value is -1.95. The van der Waals surface area contributed by atoms with Gasteiger partial charge in [0.1, 0.15) is 0 Å². The van der Waals surface area contributed by atoms with Crippen LogP contribution in [0.25, 0.3) is 0 Å². The van der Waals surface area contributed by atoms with Gasteiger partial charge >= 0.3 is 0 Å². The van der Waals surface area contributed by atoms with Gasteiger partial charge in [0.05, 0.1) is 4.92 Å². The SMILES string of the molecule is Cc1ccc(NC(=O)CC(C)C2CCNCC2)cc1[N+](=O)[O-]. The minimum atomic E-state index is -0.428. The van der Waals surface area contributed by atoms with E-state index >= 15 is 0 Å². The quantitative estimate of drug-likeness (QED) is 0.647. The fourth-order valence-electron chi connectivity index (χ4n) is 2.97. The van der Waals surface area contributed by atoms with E-state index in [4.69, 9.17) is 0 Å². The van der Waals surface area contributed by atoms with Gasteiger partial charge in [-0.1, -0.05) is 13.0 Å². The van der Waals surface area contributed by atoms with Crippen molar-refractivity contribution in [2.75, 3.05) is 18.4 Å². The van der Waals surface area contributed by atoms with Crippen molar-refractivity contribution in [3.63, 3.8) is 0 Å². The summed E-state index contributed by atoms with van der Waals surface area (Å²) >= 11 is 0. The highest BCUT2D eigenvalue weighted by molar-refractivity contribution is 5.91. The van der Waals surface area contributed by atoms with E-state index in [1.807, 2.05) is 0 Å². The Labute approximate surface area is 130 Å². The average Bonchev–Trinajstić information content (AvgIpc) is 2.49. The van der Waals surface area contributed by atoms with Crippen molar-refractivity contribution >= 4 is 17.3 Å². The van der Waals surface area contributed by atoms with Gasteiger partial charge < -0.3 is 10.6 Å². The number of rotatable bonds is 5. The van der Waals surface area contributed by atoms with Crippen molar-refractivity contribution in [1.29, 1.82) is 0 Å². The number of anilines is 1. The predicted molar refractivity (Wildman–Crippen MR) is 85.8 cm³/mol. The molecule has 0 radical (unpaired) electrons. The molecule has 0 bridgehead atoms. The minimum absolute atomic E-state index is 0.0317. The maximum atomic E-state index is 12.1. The van der Waals surface area contributed by atoms with Gasteiger partial charge in [-0.2, -0.15) is 0 Å². The molecule has 22 heavy (non-hydrogen) atoms. The first-order chi connectivity index (χ1) is 10.5. The van der Waals surface area contributed by atoms with Gasteiger partial charge in [-0.25, -0.2) is 0 Å². The summed E-state index contributed by atoms with van der Waals surface area (Å²) in [7, 11) is 0. The van der Waals surface area contributed by atoms with Crippen LogP contribution >= 0.6 is 0 Å². The molecular formula is C16H23N3O3. The predicted octanol–water partition coefficient (Wildman–Crippen LogP) is 2.87. The standard InChI is InChI=1S/C16H23N3O3/c1-11-3-4-14(10-15(11)19(21)22)18-16(20)9-12(2)13-5-7-17-8-6-13/h3-4,10,12-13,17H,5-9H2,1-2H3,(H,18,20). The van der Waals surface area contributed by atoms with Crippen LogP contribution in [0.4, 0.5) is 11.4 Å². The second-order valence-electron chi connectivity index (χ2n) is 6.08. The Morgan fingerprint density at radius 3 is 2.77 bits per heavy atom. The number of piperidine rings is 1. The van der Waals surface area contributed by atoms with Gasteiger partial charge in [-0.15, -0.1) is 0 Å². The van der Waals surface area contributed by atoms with Crippen LogP contribution in [0, 0.1) is 28.9 Å². The van der Waals surface area contributed by atoms with Gasteiger partial charge in [-0.05, 0) is 50.8 Å². The number of nitro benzene ring substituents is 1. The summed E-state index contributed by atoms with van der Waals surface area (Å²) in [5, 5.41) is 17.0. The third-order valence-electron chi connectivity index (χ3n) is 4.39. The Bertz CT molecular complexity index is 554. The average molecular weight is 305 g/mol. The second kappa shape index (κ2) is 7.35. The molecule has 0 aromatic heterocycles. The van der Waals surface area contributed by atoms with Crippen molar-refractivity contribution in [3.05, 3.63) is 33.9 Å². The molecule has 1 aromatic rings. The lowest BCUT2D eigenvalue weighted by Crippen LogP contribution is -2.32. The van der Waals surface area contributed by atoms with Gasteiger partial charge in [-0.3, -0.25) is 14.9 Å². The van der Waals surface area contributed by atoms with Crippen LogP contribution < -0.4 is 10.6 Å². The van der Waals surface area contributed by atoms with Gasteiger partial charge in [0.25, 0.3) is 5.69 Å². The highest BCUT2D eigenvalue weighted by atomic mass is 16.6. The Morgan fingerprint density at radius 2 is 2.14 bits per heavy atom. The van der Waals surface area contributed by atoms with Crippen LogP contribution in [0.1, 0.15) is 31.7 Å². The van der Waals surface area contributed by atoms with E-state index in [2.05, 4.69) is 17.6 Å². The second-order valence-corrected chi connectivity index (χ2v) is 6.08. The first-order valence-electron chi connectivity index (χ1n) is 7.73. The molecule has 120 valence electrons. The van der Waals surface area contributed by atoms with Crippen molar-refractivity contribution in [2.24, 2.45) is 11.8 Å².